The number of nitrogens with zero attached hydrogens (tertiary/aromatic N) is 4. The van der Waals surface area contributed by atoms with Crippen LogP contribution in [0.1, 0.15) is 27.7 Å². The Morgan fingerprint density at radius 3 is 2.75 bits per heavy atom. The highest BCUT2D eigenvalue weighted by Gasteiger charge is 2.09. The zero-order chi connectivity index (χ0) is 14.5. The van der Waals surface area contributed by atoms with Gasteiger partial charge in [0.2, 0.25) is 0 Å². The number of hydrogen-bond donors (Lipinski definition) is 1. The quantitative estimate of drug-likeness (QED) is 0.798. The zero-order valence-electron chi connectivity index (χ0n) is 11.5. The van der Waals surface area contributed by atoms with Gasteiger partial charge in [0.05, 0.1) is 6.54 Å². The van der Waals surface area contributed by atoms with Crippen LogP contribution < -0.4 is 10.1 Å². The number of ether oxygens (including phenoxy) is 1. The maximum Gasteiger partial charge on any atom is 0.278 e. The Morgan fingerprint density at radius 1 is 1.30 bits per heavy atom. The Hall–Kier alpha value is -2.51. The summed E-state index contributed by atoms with van der Waals surface area (Å²) in [6, 6.07) is 1.63. The minimum atomic E-state index is -0.266. The standard InChI is InChI=1S/C12H15N5O3/c1-7-6-10(15-9(3)14-7)11(18)13-4-5-19-12-8(2)16-20-17-12/h6H,4-5H2,1-3H3,(H,13,18). The summed E-state index contributed by atoms with van der Waals surface area (Å²) >= 11 is 0. The molecule has 8 heteroatoms. The van der Waals surface area contributed by atoms with Crippen molar-refractivity contribution in [1.29, 1.82) is 0 Å². The second-order valence-electron chi connectivity index (χ2n) is 4.20. The second kappa shape index (κ2) is 6.09. The first-order valence-electron chi connectivity index (χ1n) is 6.08. The van der Waals surface area contributed by atoms with Crippen molar-refractivity contribution < 1.29 is 14.2 Å². The van der Waals surface area contributed by atoms with Gasteiger partial charge in [0, 0.05) is 5.69 Å². The third-order valence-electron chi connectivity index (χ3n) is 2.44. The molecule has 106 valence electrons. The van der Waals surface area contributed by atoms with E-state index in [4.69, 9.17) is 4.74 Å². The highest BCUT2D eigenvalue weighted by atomic mass is 16.6. The summed E-state index contributed by atoms with van der Waals surface area (Å²) in [5, 5.41) is 9.86. The maximum atomic E-state index is 11.9. The predicted octanol–water partition coefficient (Wildman–Crippen LogP) is 0.594. The summed E-state index contributed by atoms with van der Waals surface area (Å²) < 4.78 is 9.79. The third-order valence-corrected chi connectivity index (χ3v) is 2.44. The third kappa shape index (κ3) is 3.50. The molecule has 0 aliphatic rings. The summed E-state index contributed by atoms with van der Waals surface area (Å²) in [5.41, 5.74) is 1.66. The number of aryl methyl sites for hydroxylation is 3. The van der Waals surface area contributed by atoms with Gasteiger partial charge in [-0.1, -0.05) is 5.16 Å². The normalized spacial score (nSPS) is 10.3. The molecule has 0 atom stereocenters. The van der Waals surface area contributed by atoms with Gasteiger partial charge in [0.15, 0.2) is 0 Å². The molecule has 0 radical (unpaired) electrons. The molecule has 0 aliphatic heterocycles. The fourth-order valence-electron chi connectivity index (χ4n) is 1.59. The number of aromatic nitrogens is 4. The Labute approximate surface area is 115 Å². The lowest BCUT2D eigenvalue weighted by atomic mass is 10.3. The molecule has 2 aromatic heterocycles. The topological polar surface area (TPSA) is 103 Å². The van der Waals surface area contributed by atoms with Crippen molar-refractivity contribution in [3.8, 4) is 5.88 Å². The lowest BCUT2D eigenvalue weighted by Gasteiger charge is -2.06. The molecule has 0 unspecified atom stereocenters. The van der Waals surface area contributed by atoms with E-state index in [0.29, 0.717) is 29.6 Å². The number of nitrogens with one attached hydrogen (secondary N) is 1. The van der Waals surface area contributed by atoms with Crippen molar-refractivity contribution in [1.82, 2.24) is 25.6 Å². The SMILES string of the molecule is Cc1cc(C(=O)NCCOc2nonc2C)nc(C)n1. The van der Waals surface area contributed by atoms with Crippen LogP contribution in [0.15, 0.2) is 10.7 Å². The molecule has 0 aliphatic carbocycles. The first-order chi connectivity index (χ1) is 9.56. The molecule has 0 saturated carbocycles. The van der Waals surface area contributed by atoms with Gasteiger partial charge >= 0.3 is 0 Å². The van der Waals surface area contributed by atoms with Crippen LogP contribution in [-0.4, -0.2) is 39.3 Å². The van der Waals surface area contributed by atoms with Crippen LogP contribution in [0, 0.1) is 20.8 Å². The van der Waals surface area contributed by atoms with Crippen LogP contribution in [-0.2, 0) is 0 Å². The molecule has 2 heterocycles. The van der Waals surface area contributed by atoms with Gasteiger partial charge in [-0.2, -0.15) is 0 Å². The minimum absolute atomic E-state index is 0.266. The zero-order valence-corrected chi connectivity index (χ0v) is 11.5. The van der Waals surface area contributed by atoms with E-state index in [9.17, 15) is 4.79 Å². The van der Waals surface area contributed by atoms with Crippen LogP contribution in [0.3, 0.4) is 0 Å². The van der Waals surface area contributed by atoms with E-state index < -0.39 is 0 Å². The van der Waals surface area contributed by atoms with E-state index >= 15 is 0 Å². The maximum absolute atomic E-state index is 11.9. The Balaban J connectivity index is 1.82. The molecule has 20 heavy (non-hydrogen) atoms. The molecule has 0 fully saturated rings. The molecular formula is C12H15N5O3. The molecule has 2 rings (SSSR count). The smallest absolute Gasteiger partial charge is 0.278 e. The average Bonchev–Trinajstić information content (AvgIpc) is 2.79. The molecule has 0 aromatic carbocycles. The fourth-order valence-corrected chi connectivity index (χ4v) is 1.59. The van der Waals surface area contributed by atoms with Crippen LogP contribution in [0.25, 0.3) is 0 Å². The van der Waals surface area contributed by atoms with Gasteiger partial charge in [-0.25, -0.2) is 14.6 Å². The van der Waals surface area contributed by atoms with E-state index in [0.717, 1.165) is 5.69 Å². The Morgan fingerprint density at radius 2 is 2.10 bits per heavy atom. The summed E-state index contributed by atoms with van der Waals surface area (Å²) in [6.45, 7) is 5.87. The van der Waals surface area contributed by atoms with Gasteiger partial charge in [-0.3, -0.25) is 4.79 Å². The van der Waals surface area contributed by atoms with E-state index in [1.807, 2.05) is 6.92 Å². The fraction of sp³-hybridized carbons (Fsp3) is 0.417. The minimum Gasteiger partial charge on any atom is -0.472 e. The van der Waals surface area contributed by atoms with Crippen molar-refractivity contribution in [3.05, 3.63) is 29.0 Å². The highest BCUT2D eigenvalue weighted by Crippen LogP contribution is 2.09. The van der Waals surface area contributed by atoms with Crippen molar-refractivity contribution in [3.63, 3.8) is 0 Å². The van der Waals surface area contributed by atoms with Crippen LogP contribution in [0.5, 0.6) is 5.88 Å². The van der Waals surface area contributed by atoms with E-state index in [1.165, 1.54) is 0 Å². The first-order valence-corrected chi connectivity index (χ1v) is 6.08. The summed E-state index contributed by atoms with van der Waals surface area (Å²) in [6.07, 6.45) is 0. The van der Waals surface area contributed by atoms with Crippen LogP contribution in [0.2, 0.25) is 0 Å². The van der Waals surface area contributed by atoms with Crippen molar-refractivity contribution in [2.45, 2.75) is 20.8 Å². The molecule has 1 N–H and O–H groups in total. The van der Waals surface area contributed by atoms with E-state index in [2.05, 4.69) is 30.2 Å². The van der Waals surface area contributed by atoms with Gasteiger partial charge < -0.3 is 10.1 Å². The number of carbonyl (C=O) groups excluding carboxylic acids is 1. The monoisotopic (exact) mass is 277 g/mol. The van der Waals surface area contributed by atoms with E-state index in [1.54, 1.807) is 19.9 Å². The largest absolute Gasteiger partial charge is 0.472 e. The molecule has 1 amide bonds. The highest BCUT2D eigenvalue weighted by molar-refractivity contribution is 5.92. The van der Waals surface area contributed by atoms with Crippen molar-refractivity contribution in [2.75, 3.05) is 13.2 Å². The lowest BCUT2D eigenvalue weighted by molar-refractivity contribution is 0.0940. The number of rotatable bonds is 5. The van der Waals surface area contributed by atoms with Crippen molar-refractivity contribution >= 4 is 5.91 Å². The molecule has 8 nitrogen and oxygen atoms in total. The number of carbonyl (C=O) groups is 1. The van der Waals surface area contributed by atoms with Crippen molar-refractivity contribution in [2.24, 2.45) is 0 Å². The molecule has 0 bridgehead atoms. The summed E-state index contributed by atoms with van der Waals surface area (Å²) in [4.78, 5) is 20.1. The summed E-state index contributed by atoms with van der Waals surface area (Å²) in [7, 11) is 0. The number of hydrogen-bond acceptors (Lipinski definition) is 7. The number of amides is 1. The average molecular weight is 277 g/mol. The van der Waals surface area contributed by atoms with Gasteiger partial charge in [0.25, 0.3) is 11.8 Å². The lowest BCUT2D eigenvalue weighted by Crippen LogP contribution is -2.29. The molecule has 0 spiro atoms. The predicted molar refractivity (Wildman–Crippen MR) is 68.4 cm³/mol. The second-order valence-corrected chi connectivity index (χ2v) is 4.20. The van der Waals surface area contributed by atoms with Crippen LogP contribution in [0.4, 0.5) is 0 Å². The molecule has 2 aromatic rings. The Kier molecular flexibility index (Phi) is 4.24. The summed E-state index contributed by atoms with van der Waals surface area (Å²) in [5.74, 6) is 0.626. The van der Waals surface area contributed by atoms with Gasteiger partial charge in [-0.15, -0.1) is 0 Å². The van der Waals surface area contributed by atoms with Gasteiger partial charge in [-0.05, 0) is 32.0 Å². The molecular weight excluding hydrogens is 262 g/mol. The van der Waals surface area contributed by atoms with Gasteiger partial charge in [0.1, 0.15) is 23.8 Å². The Bertz CT molecular complexity index is 591. The van der Waals surface area contributed by atoms with Crippen LogP contribution >= 0.6 is 0 Å². The van der Waals surface area contributed by atoms with E-state index in [-0.39, 0.29) is 12.5 Å². The first kappa shape index (κ1) is 13.9. The molecule has 0 saturated heterocycles.